The van der Waals surface area contributed by atoms with Crippen molar-refractivity contribution in [3.05, 3.63) is 0 Å². The van der Waals surface area contributed by atoms with Crippen LogP contribution in [0.4, 0.5) is 0 Å². The quantitative estimate of drug-likeness (QED) is 0.791. The summed E-state index contributed by atoms with van der Waals surface area (Å²) in [4.78, 5) is 2.48. The SMILES string of the molecule is CCC(C)N(C)CCNC1C2(C)CCC(C2)C1(C)C. The molecule has 0 aliphatic heterocycles. The first-order chi connectivity index (χ1) is 8.81. The molecule has 0 saturated heterocycles. The van der Waals surface area contributed by atoms with Gasteiger partial charge in [0.15, 0.2) is 0 Å². The van der Waals surface area contributed by atoms with Crippen LogP contribution in [0.2, 0.25) is 0 Å². The minimum atomic E-state index is 0.488. The van der Waals surface area contributed by atoms with Crippen molar-refractivity contribution in [1.82, 2.24) is 10.2 Å². The van der Waals surface area contributed by atoms with E-state index in [2.05, 4.69) is 51.9 Å². The first-order valence-corrected chi connectivity index (χ1v) is 8.25. The van der Waals surface area contributed by atoms with E-state index in [-0.39, 0.29) is 0 Å². The standard InChI is InChI=1S/C17H34N2/c1-7-13(2)19(6)11-10-18-15-16(3,4)14-8-9-17(15,5)12-14/h13-15,18H,7-12H2,1-6H3. The van der Waals surface area contributed by atoms with Crippen molar-refractivity contribution in [3.8, 4) is 0 Å². The van der Waals surface area contributed by atoms with Crippen LogP contribution < -0.4 is 5.32 Å². The molecule has 1 N–H and O–H groups in total. The molecular weight excluding hydrogens is 232 g/mol. The molecule has 0 aromatic heterocycles. The maximum absolute atomic E-state index is 3.91. The molecule has 2 fully saturated rings. The van der Waals surface area contributed by atoms with Crippen molar-refractivity contribution in [2.75, 3.05) is 20.1 Å². The molecule has 0 heterocycles. The number of hydrogen-bond acceptors (Lipinski definition) is 2. The second-order valence-corrected chi connectivity index (χ2v) is 8.04. The predicted octanol–water partition coefficient (Wildman–Crippen LogP) is 3.52. The molecular formula is C17H34N2. The number of hydrogen-bond donors (Lipinski definition) is 1. The molecule has 0 amide bonds. The van der Waals surface area contributed by atoms with Crippen molar-refractivity contribution in [3.63, 3.8) is 0 Å². The fourth-order valence-electron chi connectivity index (χ4n) is 4.73. The lowest BCUT2D eigenvalue weighted by Gasteiger charge is -2.43. The molecule has 2 saturated carbocycles. The Morgan fingerprint density at radius 2 is 2.00 bits per heavy atom. The van der Waals surface area contributed by atoms with Gasteiger partial charge in [-0.25, -0.2) is 0 Å². The first-order valence-electron chi connectivity index (χ1n) is 8.25. The lowest BCUT2D eigenvalue weighted by molar-refractivity contribution is 0.105. The van der Waals surface area contributed by atoms with Gasteiger partial charge >= 0.3 is 0 Å². The van der Waals surface area contributed by atoms with E-state index < -0.39 is 0 Å². The van der Waals surface area contributed by atoms with Crippen LogP contribution in [0.3, 0.4) is 0 Å². The zero-order valence-corrected chi connectivity index (χ0v) is 13.9. The summed E-state index contributed by atoms with van der Waals surface area (Å²) in [7, 11) is 2.25. The fourth-order valence-corrected chi connectivity index (χ4v) is 4.73. The molecule has 112 valence electrons. The third kappa shape index (κ3) is 2.71. The fraction of sp³-hybridized carbons (Fsp3) is 1.00. The maximum atomic E-state index is 3.91. The Labute approximate surface area is 120 Å². The zero-order chi connectivity index (χ0) is 14.3. The highest BCUT2D eigenvalue weighted by molar-refractivity contribution is 5.11. The molecule has 0 spiro atoms. The van der Waals surface area contributed by atoms with Crippen LogP contribution in [0.1, 0.15) is 60.3 Å². The van der Waals surface area contributed by atoms with E-state index in [9.17, 15) is 0 Å². The molecule has 0 aromatic carbocycles. The topological polar surface area (TPSA) is 15.3 Å². The van der Waals surface area contributed by atoms with E-state index in [0.717, 1.165) is 12.5 Å². The van der Waals surface area contributed by atoms with E-state index in [1.165, 1.54) is 32.2 Å². The lowest BCUT2D eigenvalue weighted by atomic mass is 9.68. The molecule has 2 rings (SSSR count). The maximum Gasteiger partial charge on any atom is 0.0175 e. The highest BCUT2D eigenvalue weighted by Crippen LogP contribution is 2.62. The molecule has 4 unspecified atom stereocenters. The smallest absolute Gasteiger partial charge is 0.0175 e. The monoisotopic (exact) mass is 266 g/mol. The van der Waals surface area contributed by atoms with Crippen molar-refractivity contribution in [2.24, 2.45) is 16.7 Å². The predicted molar refractivity (Wildman–Crippen MR) is 83.4 cm³/mol. The van der Waals surface area contributed by atoms with Crippen LogP contribution in [0.5, 0.6) is 0 Å². The molecule has 2 nitrogen and oxygen atoms in total. The molecule has 4 atom stereocenters. The normalized spacial score (nSPS) is 38.1. The number of nitrogens with zero attached hydrogens (tertiary/aromatic N) is 1. The average molecular weight is 266 g/mol. The number of likely N-dealkylation sites (N-methyl/N-ethyl adjacent to an activating group) is 1. The van der Waals surface area contributed by atoms with Gasteiger partial charge in [-0.1, -0.05) is 27.7 Å². The summed E-state index contributed by atoms with van der Waals surface area (Å²) in [6.45, 7) is 14.4. The molecule has 2 bridgehead atoms. The van der Waals surface area contributed by atoms with Gasteiger partial charge in [0.1, 0.15) is 0 Å². The van der Waals surface area contributed by atoms with E-state index in [1.54, 1.807) is 0 Å². The van der Waals surface area contributed by atoms with E-state index >= 15 is 0 Å². The largest absolute Gasteiger partial charge is 0.312 e. The molecule has 2 aliphatic carbocycles. The van der Waals surface area contributed by atoms with Gasteiger partial charge in [-0.05, 0) is 56.4 Å². The van der Waals surface area contributed by atoms with Gasteiger partial charge in [0, 0.05) is 25.2 Å². The highest BCUT2D eigenvalue weighted by Gasteiger charge is 2.58. The second kappa shape index (κ2) is 5.37. The Morgan fingerprint density at radius 3 is 2.53 bits per heavy atom. The molecule has 2 aliphatic rings. The minimum Gasteiger partial charge on any atom is -0.312 e. The Bertz CT molecular complexity index is 308. The summed E-state index contributed by atoms with van der Waals surface area (Å²) < 4.78 is 0. The summed E-state index contributed by atoms with van der Waals surface area (Å²) in [5.41, 5.74) is 1.05. The van der Waals surface area contributed by atoms with Crippen LogP contribution in [0.15, 0.2) is 0 Å². The summed E-state index contributed by atoms with van der Waals surface area (Å²) in [5, 5.41) is 3.91. The summed E-state index contributed by atoms with van der Waals surface area (Å²) >= 11 is 0. The van der Waals surface area contributed by atoms with E-state index in [4.69, 9.17) is 0 Å². The van der Waals surface area contributed by atoms with Gasteiger partial charge in [0.25, 0.3) is 0 Å². The van der Waals surface area contributed by atoms with Gasteiger partial charge in [-0.15, -0.1) is 0 Å². The Morgan fingerprint density at radius 1 is 1.32 bits per heavy atom. The van der Waals surface area contributed by atoms with Crippen LogP contribution in [-0.4, -0.2) is 37.1 Å². The van der Waals surface area contributed by atoms with Crippen LogP contribution in [0.25, 0.3) is 0 Å². The van der Waals surface area contributed by atoms with Crippen LogP contribution >= 0.6 is 0 Å². The molecule has 19 heavy (non-hydrogen) atoms. The average Bonchev–Trinajstić information content (AvgIpc) is 2.83. The second-order valence-electron chi connectivity index (χ2n) is 8.04. The van der Waals surface area contributed by atoms with Gasteiger partial charge in [-0.3, -0.25) is 0 Å². The van der Waals surface area contributed by atoms with Crippen molar-refractivity contribution >= 4 is 0 Å². The number of rotatable bonds is 6. The van der Waals surface area contributed by atoms with E-state index in [1.807, 2.05) is 0 Å². The van der Waals surface area contributed by atoms with Crippen LogP contribution in [0, 0.1) is 16.7 Å². The number of fused-ring (bicyclic) bond motifs is 2. The van der Waals surface area contributed by atoms with Crippen molar-refractivity contribution in [2.45, 2.75) is 72.4 Å². The molecule has 0 aromatic rings. The summed E-state index contributed by atoms with van der Waals surface area (Å²) in [6.07, 6.45) is 5.57. The lowest BCUT2D eigenvalue weighted by Crippen LogP contribution is -2.52. The Hall–Kier alpha value is -0.0800. The highest BCUT2D eigenvalue weighted by atomic mass is 15.1. The third-order valence-corrected chi connectivity index (χ3v) is 6.43. The number of nitrogens with one attached hydrogen (secondary N) is 1. The summed E-state index contributed by atoms with van der Waals surface area (Å²) in [6, 6.07) is 1.41. The third-order valence-electron chi connectivity index (χ3n) is 6.43. The van der Waals surface area contributed by atoms with Gasteiger partial charge < -0.3 is 10.2 Å². The zero-order valence-electron chi connectivity index (χ0n) is 13.9. The van der Waals surface area contributed by atoms with E-state index in [0.29, 0.717) is 22.9 Å². The van der Waals surface area contributed by atoms with Gasteiger partial charge in [0.05, 0.1) is 0 Å². The molecule has 0 radical (unpaired) electrons. The van der Waals surface area contributed by atoms with Gasteiger partial charge in [-0.2, -0.15) is 0 Å². The van der Waals surface area contributed by atoms with Gasteiger partial charge in [0.2, 0.25) is 0 Å². The molecule has 2 heteroatoms. The van der Waals surface area contributed by atoms with Crippen molar-refractivity contribution in [1.29, 1.82) is 0 Å². The van der Waals surface area contributed by atoms with Crippen molar-refractivity contribution < 1.29 is 0 Å². The minimum absolute atomic E-state index is 0.488. The Balaban J connectivity index is 1.86. The first kappa shape index (κ1) is 15.3. The summed E-state index contributed by atoms with van der Waals surface area (Å²) in [5.74, 6) is 0.947. The van der Waals surface area contributed by atoms with Crippen LogP contribution in [-0.2, 0) is 0 Å². The Kier molecular flexibility index (Phi) is 4.32.